The van der Waals surface area contributed by atoms with Crippen molar-refractivity contribution in [1.29, 1.82) is 0 Å². The van der Waals surface area contributed by atoms with Crippen molar-refractivity contribution in [3.63, 3.8) is 0 Å². The van der Waals surface area contributed by atoms with Gasteiger partial charge in [-0.15, -0.1) is 0 Å². The van der Waals surface area contributed by atoms with Gasteiger partial charge in [-0.1, -0.05) is 70.2 Å². The molecule has 1 aromatic rings. The minimum absolute atomic E-state index is 0.0882. The van der Waals surface area contributed by atoms with Crippen LogP contribution in [-0.4, -0.2) is 41.0 Å². The molecule has 2 rings (SSSR count). The fourth-order valence-electron chi connectivity index (χ4n) is 2.89. The maximum atomic E-state index is 6.54. The monoisotopic (exact) mass is 420 g/mol. The highest BCUT2D eigenvalue weighted by molar-refractivity contribution is 6.74. The fourth-order valence-corrected chi connectivity index (χ4v) is 3.95. The van der Waals surface area contributed by atoms with Gasteiger partial charge in [0.15, 0.2) is 14.6 Å². The molecule has 0 spiro atoms. The van der Waals surface area contributed by atoms with Crippen molar-refractivity contribution < 1.29 is 18.6 Å². The summed E-state index contributed by atoms with van der Waals surface area (Å²) >= 11 is 0. The summed E-state index contributed by atoms with van der Waals surface area (Å²) in [6, 6.07) is 10.3. The van der Waals surface area contributed by atoms with Crippen LogP contribution >= 0.6 is 0 Å². The molecule has 0 bridgehead atoms. The minimum atomic E-state index is -1.79. The normalized spacial score (nSPS) is 18.4. The number of hydrogen-bond donors (Lipinski definition) is 0. The molecule has 1 aliphatic heterocycles. The summed E-state index contributed by atoms with van der Waals surface area (Å²) in [5.41, 5.74) is 1.20. The smallest absolute Gasteiger partial charge is 0.191 e. The van der Waals surface area contributed by atoms with Crippen molar-refractivity contribution in [2.75, 3.05) is 26.4 Å². The molecule has 2 atom stereocenters. The zero-order valence-electron chi connectivity index (χ0n) is 19.1. The maximum absolute atomic E-state index is 6.54. The molecule has 5 heteroatoms. The third kappa shape index (κ3) is 8.34. The van der Waals surface area contributed by atoms with Crippen molar-refractivity contribution in [2.45, 2.75) is 65.1 Å². The van der Waals surface area contributed by atoms with Crippen molar-refractivity contribution in [1.82, 2.24) is 0 Å². The van der Waals surface area contributed by atoms with Gasteiger partial charge in [-0.25, -0.2) is 0 Å². The summed E-state index contributed by atoms with van der Waals surface area (Å²) in [6.45, 7) is 17.2. The molecule has 1 heterocycles. The molecule has 0 N–H and O–H groups in total. The number of rotatable bonds is 11. The van der Waals surface area contributed by atoms with Gasteiger partial charge in [-0.05, 0) is 29.6 Å². The highest BCUT2D eigenvalue weighted by Gasteiger charge is 2.37. The van der Waals surface area contributed by atoms with Crippen LogP contribution in [0.3, 0.4) is 0 Å². The summed E-state index contributed by atoms with van der Waals surface area (Å²) in [4.78, 5) is 0. The zero-order valence-corrected chi connectivity index (χ0v) is 20.1. The summed E-state index contributed by atoms with van der Waals surface area (Å²) in [5, 5.41) is 0.207. The highest BCUT2D eigenvalue weighted by atomic mass is 28.4. The van der Waals surface area contributed by atoms with Gasteiger partial charge >= 0.3 is 0 Å². The Hall–Kier alpha value is -0.983. The van der Waals surface area contributed by atoms with Crippen LogP contribution in [0.4, 0.5) is 0 Å². The zero-order chi connectivity index (χ0) is 21.3. The molecule has 0 radical (unpaired) electrons. The van der Waals surface area contributed by atoms with Crippen LogP contribution in [0.5, 0.6) is 0 Å². The largest absolute Gasteiger partial charge is 0.416 e. The lowest BCUT2D eigenvalue weighted by molar-refractivity contribution is -0.0381. The van der Waals surface area contributed by atoms with Crippen LogP contribution in [0.1, 0.15) is 39.7 Å². The topological polar surface area (TPSA) is 36.9 Å². The molecular formula is C24H40O4Si. The van der Waals surface area contributed by atoms with Gasteiger partial charge in [-0.3, -0.25) is 0 Å². The Morgan fingerprint density at radius 3 is 2.38 bits per heavy atom. The summed E-state index contributed by atoms with van der Waals surface area (Å²) in [7, 11) is -1.79. The fraction of sp³-hybridized carbons (Fsp3) is 0.667. The summed E-state index contributed by atoms with van der Waals surface area (Å²) < 4.78 is 23.7. The van der Waals surface area contributed by atoms with Gasteiger partial charge in [0, 0.05) is 18.9 Å². The van der Waals surface area contributed by atoms with E-state index >= 15 is 0 Å². The van der Waals surface area contributed by atoms with Gasteiger partial charge in [0.25, 0.3) is 0 Å². The second-order valence-electron chi connectivity index (χ2n) is 9.53. The predicted molar refractivity (Wildman–Crippen MR) is 121 cm³/mol. The van der Waals surface area contributed by atoms with Crippen LogP contribution in [0, 0.1) is 11.8 Å². The van der Waals surface area contributed by atoms with E-state index in [0.717, 1.165) is 13.0 Å². The molecule has 29 heavy (non-hydrogen) atoms. The Morgan fingerprint density at radius 2 is 1.76 bits per heavy atom. The number of benzene rings is 1. The molecule has 0 aromatic heterocycles. The van der Waals surface area contributed by atoms with Crippen molar-refractivity contribution in [2.24, 2.45) is 11.8 Å². The van der Waals surface area contributed by atoms with Gasteiger partial charge in [0.2, 0.25) is 0 Å². The average molecular weight is 421 g/mol. The second kappa shape index (κ2) is 11.4. The molecular weight excluding hydrogens is 380 g/mol. The highest BCUT2D eigenvalue weighted by Crippen LogP contribution is 2.37. The summed E-state index contributed by atoms with van der Waals surface area (Å²) in [6.07, 6.45) is 5.15. The Labute approximate surface area is 178 Å². The molecule has 1 aliphatic rings. The van der Waals surface area contributed by atoms with E-state index in [1.807, 2.05) is 6.07 Å². The summed E-state index contributed by atoms with van der Waals surface area (Å²) in [5.74, 6) is 0.673. The van der Waals surface area contributed by atoms with E-state index in [2.05, 4.69) is 77.2 Å². The molecule has 0 unspecified atom stereocenters. The van der Waals surface area contributed by atoms with E-state index in [-0.39, 0.29) is 11.3 Å². The van der Waals surface area contributed by atoms with Crippen LogP contribution < -0.4 is 0 Å². The first-order valence-corrected chi connectivity index (χ1v) is 13.8. The first kappa shape index (κ1) is 24.3. The maximum Gasteiger partial charge on any atom is 0.191 e. The molecule has 1 saturated heterocycles. The van der Waals surface area contributed by atoms with Crippen molar-refractivity contribution in [3.05, 3.63) is 48.0 Å². The Balaban J connectivity index is 1.91. The Kier molecular flexibility index (Phi) is 9.56. The average Bonchev–Trinajstić information content (AvgIpc) is 3.17. The molecule has 0 amide bonds. The third-order valence-corrected chi connectivity index (χ3v) is 10.6. The van der Waals surface area contributed by atoms with E-state index in [9.17, 15) is 0 Å². The van der Waals surface area contributed by atoms with E-state index < -0.39 is 8.32 Å². The number of allylic oxidation sites excluding steroid dienone is 1. The first-order chi connectivity index (χ1) is 13.7. The molecule has 0 aliphatic carbocycles. The lowest BCUT2D eigenvalue weighted by Gasteiger charge is -2.38. The Morgan fingerprint density at radius 1 is 1.10 bits per heavy atom. The van der Waals surface area contributed by atoms with Crippen molar-refractivity contribution in [3.8, 4) is 0 Å². The lowest BCUT2D eigenvalue weighted by atomic mass is 9.95. The predicted octanol–water partition coefficient (Wildman–Crippen LogP) is 5.80. The van der Waals surface area contributed by atoms with E-state index in [0.29, 0.717) is 38.3 Å². The van der Waals surface area contributed by atoms with Gasteiger partial charge < -0.3 is 18.6 Å². The van der Waals surface area contributed by atoms with E-state index in [1.54, 1.807) is 0 Å². The number of hydrogen-bond acceptors (Lipinski definition) is 4. The molecule has 4 nitrogen and oxygen atoms in total. The molecule has 1 fully saturated rings. The van der Waals surface area contributed by atoms with Crippen LogP contribution in [0.15, 0.2) is 42.5 Å². The molecule has 1 aromatic carbocycles. The van der Waals surface area contributed by atoms with E-state index in [4.69, 9.17) is 18.6 Å². The number of ether oxygens (including phenoxy) is 3. The van der Waals surface area contributed by atoms with Crippen molar-refractivity contribution >= 4 is 8.32 Å². The quantitative estimate of drug-likeness (QED) is 0.335. The third-order valence-electron chi connectivity index (χ3n) is 6.11. The minimum Gasteiger partial charge on any atom is -0.416 e. The lowest BCUT2D eigenvalue weighted by Crippen LogP contribution is -2.42. The second-order valence-corrected chi connectivity index (χ2v) is 14.3. The van der Waals surface area contributed by atoms with Crippen LogP contribution in [0.2, 0.25) is 18.1 Å². The van der Waals surface area contributed by atoms with Gasteiger partial charge in [-0.2, -0.15) is 0 Å². The molecule has 0 saturated carbocycles. The SMILES string of the molecule is C[C@H](/C=C\CC1OCCO1)[C@H](COCc1ccccc1)CO[Si](C)(C)C(C)(C)C. The van der Waals surface area contributed by atoms with Gasteiger partial charge in [0.1, 0.15) is 0 Å². The van der Waals surface area contributed by atoms with Crippen LogP contribution in [-0.2, 0) is 25.2 Å². The van der Waals surface area contributed by atoms with Gasteiger partial charge in [0.05, 0.1) is 26.4 Å². The standard InChI is InChI=1S/C24H40O4Si/c1-20(11-10-14-23-26-15-16-27-23)22(19-28-29(5,6)24(2,3)4)18-25-17-21-12-8-7-9-13-21/h7-13,20,22-23H,14-19H2,1-6H3/b11-10-/t20-,22-/m1/s1. The van der Waals surface area contributed by atoms with Crippen LogP contribution in [0.25, 0.3) is 0 Å². The van der Waals surface area contributed by atoms with E-state index in [1.165, 1.54) is 5.56 Å². The first-order valence-electron chi connectivity index (χ1n) is 10.8. The Bertz CT molecular complexity index is 603. The molecule has 164 valence electrons.